The number of rotatable bonds is 4. The van der Waals surface area contributed by atoms with Crippen LogP contribution in [-0.2, 0) is 4.79 Å². The van der Waals surface area contributed by atoms with Crippen molar-refractivity contribution in [1.29, 1.82) is 0 Å². The molecule has 0 aliphatic carbocycles. The minimum absolute atomic E-state index is 0.195. The lowest BCUT2D eigenvalue weighted by Crippen LogP contribution is -2.39. The monoisotopic (exact) mass is 270 g/mol. The molecule has 0 saturated heterocycles. The van der Waals surface area contributed by atoms with E-state index in [1.807, 2.05) is 5.32 Å². The van der Waals surface area contributed by atoms with Gasteiger partial charge in [-0.3, -0.25) is 10.1 Å². The standard InChI is InChI=1S/C12H15FN2O2S/c1-7(9-5-3-4-6-10(9)13)18-8(2)11(16)15-12(14)17/h3-8H,1-2H3,(H3,14,15,16,17)/t7-,8+/m1/s1. The van der Waals surface area contributed by atoms with E-state index in [1.165, 1.54) is 17.8 Å². The molecule has 0 radical (unpaired) electrons. The molecule has 3 N–H and O–H groups in total. The van der Waals surface area contributed by atoms with Crippen molar-refractivity contribution in [1.82, 2.24) is 5.32 Å². The first-order valence-corrected chi connectivity index (χ1v) is 6.36. The van der Waals surface area contributed by atoms with Crippen LogP contribution in [0, 0.1) is 5.82 Å². The number of benzene rings is 1. The van der Waals surface area contributed by atoms with Gasteiger partial charge in [-0.2, -0.15) is 0 Å². The fourth-order valence-electron chi connectivity index (χ4n) is 1.47. The second-order valence-corrected chi connectivity index (χ2v) is 5.48. The number of imide groups is 1. The van der Waals surface area contributed by atoms with Gasteiger partial charge in [0, 0.05) is 10.8 Å². The molecule has 1 aromatic rings. The molecule has 6 heteroatoms. The van der Waals surface area contributed by atoms with Crippen LogP contribution in [0.5, 0.6) is 0 Å². The first-order valence-electron chi connectivity index (χ1n) is 5.42. The summed E-state index contributed by atoms with van der Waals surface area (Å²) in [6.45, 7) is 3.44. The lowest BCUT2D eigenvalue weighted by atomic mass is 10.1. The van der Waals surface area contributed by atoms with Crippen molar-refractivity contribution in [3.63, 3.8) is 0 Å². The third kappa shape index (κ3) is 4.03. The molecule has 0 unspecified atom stereocenters. The van der Waals surface area contributed by atoms with E-state index in [1.54, 1.807) is 32.0 Å². The molecule has 0 aromatic heterocycles. The van der Waals surface area contributed by atoms with E-state index >= 15 is 0 Å². The summed E-state index contributed by atoms with van der Waals surface area (Å²) in [4.78, 5) is 22.0. The summed E-state index contributed by atoms with van der Waals surface area (Å²) < 4.78 is 13.5. The topological polar surface area (TPSA) is 72.2 Å². The molecule has 1 rings (SSSR count). The highest BCUT2D eigenvalue weighted by Crippen LogP contribution is 2.32. The Morgan fingerprint density at radius 3 is 2.50 bits per heavy atom. The Morgan fingerprint density at radius 1 is 1.33 bits per heavy atom. The molecule has 4 nitrogen and oxygen atoms in total. The average molecular weight is 270 g/mol. The lowest BCUT2D eigenvalue weighted by molar-refractivity contribution is -0.119. The van der Waals surface area contributed by atoms with Gasteiger partial charge in [-0.05, 0) is 19.9 Å². The molecule has 0 aliphatic rings. The maximum Gasteiger partial charge on any atom is 0.318 e. The Bertz CT molecular complexity index is 453. The summed E-state index contributed by atoms with van der Waals surface area (Å²) in [5.74, 6) is -0.782. The summed E-state index contributed by atoms with van der Waals surface area (Å²) in [6, 6.07) is 5.51. The number of primary amides is 1. The highest BCUT2D eigenvalue weighted by molar-refractivity contribution is 8.00. The molecule has 0 heterocycles. The molecule has 98 valence electrons. The van der Waals surface area contributed by atoms with Gasteiger partial charge in [0.05, 0.1) is 5.25 Å². The molecule has 2 atom stereocenters. The smallest absolute Gasteiger partial charge is 0.318 e. The number of amides is 3. The number of urea groups is 1. The number of carbonyl (C=O) groups excluding carboxylic acids is 2. The molecule has 0 bridgehead atoms. The van der Waals surface area contributed by atoms with Crippen LogP contribution in [0.1, 0.15) is 24.7 Å². The molecule has 0 fully saturated rings. The number of thioether (sulfide) groups is 1. The van der Waals surface area contributed by atoms with Crippen LogP contribution in [0.15, 0.2) is 24.3 Å². The third-order valence-corrected chi connectivity index (χ3v) is 3.65. The summed E-state index contributed by atoms with van der Waals surface area (Å²) >= 11 is 1.26. The van der Waals surface area contributed by atoms with E-state index in [2.05, 4.69) is 0 Å². The number of halogens is 1. The zero-order chi connectivity index (χ0) is 13.7. The van der Waals surface area contributed by atoms with Gasteiger partial charge in [-0.15, -0.1) is 11.8 Å². The van der Waals surface area contributed by atoms with E-state index in [0.29, 0.717) is 5.56 Å². The van der Waals surface area contributed by atoms with Gasteiger partial charge in [0.15, 0.2) is 0 Å². The Morgan fingerprint density at radius 2 is 1.94 bits per heavy atom. The number of nitrogens with two attached hydrogens (primary N) is 1. The largest absolute Gasteiger partial charge is 0.351 e. The Balaban J connectivity index is 2.65. The minimum atomic E-state index is -0.883. The summed E-state index contributed by atoms with van der Waals surface area (Å²) in [7, 11) is 0. The number of hydrogen-bond donors (Lipinski definition) is 2. The molecule has 0 spiro atoms. The van der Waals surface area contributed by atoms with Crippen molar-refractivity contribution in [2.45, 2.75) is 24.3 Å². The van der Waals surface area contributed by atoms with Gasteiger partial charge < -0.3 is 5.73 Å². The first kappa shape index (κ1) is 14.5. The van der Waals surface area contributed by atoms with Gasteiger partial charge in [0.2, 0.25) is 5.91 Å². The van der Waals surface area contributed by atoms with Gasteiger partial charge in [-0.1, -0.05) is 18.2 Å². The zero-order valence-corrected chi connectivity index (χ0v) is 11.0. The maximum absolute atomic E-state index is 13.5. The average Bonchev–Trinajstić information content (AvgIpc) is 2.28. The normalized spacial score (nSPS) is 13.7. The molecule has 0 saturated carbocycles. The second kappa shape index (κ2) is 6.39. The van der Waals surface area contributed by atoms with E-state index in [0.717, 1.165) is 0 Å². The highest BCUT2D eigenvalue weighted by Gasteiger charge is 2.20. The van der Waals surface area contributed by atoms with Crippen LogP contribution in [0.3, 0.4) is 0 Å². The van der Waals surface area contributed by atoms with Gasteiger partial charge in [0.25, 0.3) is 0 Å². The van der Waals surface area contributed by atoms with Crippen molar-refractivity contribution < 1.29 is 14.0 Å². The van der Waals surface area contributed by atoms with E-state index in [4.69, 9.17) is 5.73 Å². The summed E-state index contributed by atoms with van der Waals surface area (Å²) in [6.07, 6.45) is 0. The number of nitrogens with one attached hydrogen (secondary N) is 1. The van der Waals surface area contributed by atoms with Crippen molar-refractivity contribution in [3.05, 3.63) is 35.6 Å². The lowest BCUT2D eigenvalue weighted by Gasteiger charge is -2.16. The van der Waals surface area contributed by atoms with Crippen LogP contribution in [0.25, 0.3) is 0 Å². The van der Waals surface area contributed by atoms with E-state index in [9.17, 15) is 14.0 Å². The third-order valence-electron chi connectivity index (χ3n) is 2.37. The Hall–Kier alpha value is -1.56. The summed E-state index contributed by atoms with van der Waals surface area (Å²) in [5.41, 5.74) is 5.39. The van der Waals surface area contributed by atoms with Gasteiger partial charge >= 0.3 is 6.03 Å². The second-order valence-electron chi connectivity index (χ2n) is 3.80. The van der Waals surface area contributed by atoms with Crippen LogP contribution in [-0.4, -0.2) is 17.2 Å². The number of carbonyl (C=O) groups is 2. The Labute approximate surface area is 109 Å². The van der Waals surface area contributed by atoms with Crippen molar-refractivity contribution in [3.8, 4) is 0 Å². The van der Waals surface area contributed by atoms with Crippen LogP contribution >= 0.6 is 11.8 Å². The molecule has 18 heavy (non-hydrogen) atoms. The molecule has 1 aromatic carbocycles. The molecule has 3 amide bonds. The molecule has 0 aliphatic heterocycles. The quantitative estimate of drug-likeness (QED) is 0.881. The van der Waals surface area contributed by atoms with Crippen molar-refractivity contribution in [2.24, 2.45) is 5.73 Å². The predicted octanol–water partition coefficient (Wildman–Crippen LogP) is 2.20. The van der Waals surface area contributed by atoms with Crippen molar-refractivity contribution in [2.75, 3.05) is 0 Å². The fraction of sp³-hybridized carbons (Fsp3) is 0.333. The van der Waals surface area contributed by atoms with Gasteiger partial charge in [0.1, 0.15) is 5.82 Å². The first-order chi connectivity index (χ1) is 8.41. The molecular weight excluding hydrogens is 255 g/mol. The minimum Gasteiger partial charge on any atom is -0.351 e. The van der Waals surface area contributed by atoms with Crippen molar-refractivity contribution >= 4 is 23.7 Å². The van der Waals surface area contributed by atoms with Crippen LogP contribution < -0.4 is 11.1 Å². The fourth-order valence-corrected chi connectivity index (χ4v) is 2.60. The van der Waals surface area contributed by atoms with Crippen LogP contribution in [0.4, 0.5) is 9.18 Å². The maximum atomic E-state index is 13.5. The zero-order valence-electron chi connectivity index (χ0n) is 10.1. The number of hydrogen-bond acceptors (Lipinski definition) is 3. The van der Waals surface area contributed by atoms with E-state index in [-0.39, 0.29) is 11.1 Å². The highest BCUT2D eigenvalue weighted by atomic mass is 32.2. The SMILES string of the molecule is C[C@H](S[C@H](C)c1ccccc1F)C(=O)NC(N)=O. The van der Waals surface area contributed by atoms with E-state index < -0.39 is 17.2 Å². The van der Waals surface area contributed by atoms with Gasteiger partial charge in [-0.25, -0.2) is 9.18 Å². The predicted molar refractivity (Wildman–Crippen MR) is 69.6 cm³/mol. The van der Waals surface area contributed by atoms with Crippen LogP contribution in [0.2, 0.25) is 0 Å². The molecular formula is C12H15FN2O2S. The Kier molecular flexibility index (Phi) is 5.15. The summed E-state index contributed by atoms with van der Waals surface area (Å²) in [5, 5.41) is 1.31.